The summed E-state index contributed by atoms with van der Waals surface area (Å²) in [6, 6.07) is 11.2. The van der Waals surface area contributed by atoms with Gasteiger partial charge in [0.1, 0.15) is 17.4 Å². The van der Waals surface area contributed by atoms with Crippen LogP contribution >= 0.6 is 0 Å². The van der Waals surface area contributed by atoms with Gasteiger partial charge in [-0.3, -0.25) is 9.20 Å². The molecule has 0 spiro atoms. The zero-order valence-electron chi connectivity index (χ0n) is 15.7. The molecule has 0 aliphatic carbocycles. The van der Waals surface area contributed by atoms with Gasteiger partial charge in [0, 0.05) is 24.6 Å². The summed E-state index contributed by atoms with van der Waals surface area (Å²) in [4.78, 5) is 21.4. The molecule has 0 unspecified atom stereocenters. The summed E-state index contributed by atoms with van der Waals surface area (Å²) in [6.45, 7) is 3.75. The number of pyridine rings is 1. The van der Waals surface area contributed by atoms with Gasteiger partial charge in [0.05, 0.1) is 6.20 Å². The van der Waals surface area contributed by atoms with Crippen LogP contribution in [0.1, 0.15) is 35.0 Å². The SMILES string of the molecule is CO[C@H](C)c1nc(-c2ccc(C)c(NC(=O)c3cnc4ccccn34)c2)no1. The molecule has 0 saturated heterocycles. The van der Waals surface area contributed by atoms with Crippen molar-refractivity contribution in [3.05, 3.63) is 65.9 Å². The number of ether oxygens (including phenoxy) is 1. The fourth-order valence-corrected chi connectivity index (χ4v) is 2.80. The quantitative estimate of drug-likeness (QED) is 0.570. The highest BCUT2D eigenvalue weighted by molar-refractivity contribution is 6.04. The molecule has 1 atom stereocenters. The number of methoxy groups -OCH3 is 1. The van der Waals surface area contributed by atoms with Crippen molar-refractivity contribution in [3.63, 3.8) is 0 Å². The van der Waals surface area contributed by atoms with E-state index in [-0.39, 0.29) is 12.0 Å². The third kappa shape index (κ3) is 3.25. The molecule has 4 aromatic rings. The first kappa shape index (κ1) is 17.9. The molecule has 0 radical (unpaired) electrons. The van der Waals surface area contributed by atoms with Gasteiger partial charge in [-0.25, -0.2) is 4.98 Å². The van der Waals surface area contributed by atoms with Gasteiger partial charge in [-0.1, -0.05) is 23.4 Å². The highest BCUT2D eigenvalue weighted by atomic mass is 16.5. The van der Waals surface area contributed by atoms with Crippen LogP contribution < -0.4 is 5.32 Å². The lowest BCUT2D eigenvalue weighted by Crippen LogP contribution is -2.15. The lowest BCUT2D eigenvalue weighted by atomic mass is 10.1. The topological polar surface area (TPSA) is 94.5 Å². The monoisotopic (exact) mass is 377 g/mol. The molecule has 0 saturated carbocycles. The standard InChI is InChI=1S/C20H19N5O3/c1-12-7-8-14(18-23-20(28-24-18)13(2)27-3)10-15(12)22-19(26)16-11-21-17-6-4-5-9-25(16)17/h4-11,13H,1-3H3,(H,22,26)/t13-/m1/s1. The summed E-state index contributed by atoms with van der Waals surface area (Å²) < 4.78 is 12.2. The summed E-state index contributed by atoms with van der Waals surface area (Å²) in [5.41, 5.74) is 3.48. The van der Waals surface area contributed by atoms with Crippen LogP contribution in [0.25, 0.3) is 17.0 Å². The van der Waals surface area contributed by atoms with E-state index in [1.54, 1.807) is 23.9 Å². The number of benzene rings is 1. The lowest BCUT2D eigenvalue weighted by Gasteiger charge is -2.09. The Labute approximate surface area is 161 Å². The Kier molecular flexibility index (Phi) is 4.62. The van der Waals surface area contributed by atoms with E-state index in [4.69, 9.17) is 9.26 Å². The van der Waals surface area contributed by atoms with Crippen LogP contribution in [0.15, 0.2) is 53.3 Å². The second-order valence-electron chi connectivity index (χ2n) is 6.39. The molecule has 1 N–H and O–H groups in total. The average Bonchev–Trinajstić information content (AvgIpc) is 3.36. The molecule has 0 aliphatic rings. The molecule has 142 valence electrons. The molecule has 1 amide bonds. The number of hydrogen-bond acceptors (Lipinski definition) is 6. The minimum atomic E-state index is -0.291. The first-order valence-corrected chi connectivity index (χ1v) is 8.77. The van der Waals surface area contributed by atoms with Crippen molar-refractivity contribution in [2.75, 3.05) is 12.4 Å². The largest absolute Gasteiger partial charge is 0.372 e. The number of imidazole rings is 1. The summed E-state index contributed by atoms with van der Waals surface area (Å²) in [5.74, 6) is 0.583. The third-order valence-corrected chi connectivity index (χ3v) is 4.54. The van der Waals surface area contributed by atoms with Gasteiger partial charge in [-0.05, 0) is 37.6 Å². The molecule has 8 nitrogen and oxygen atoms in total. The average molecular weight is 377 g/mol. The highest BCUT2D eigenvalue weighted by Crippen LogP contribution is 2.25. The van der Waals surface area contributed by atoms with Crippen LogP contribution in [0.3, 0.4) is 0 Å². The predicted molar refractivity (Wildman–Crippen MR) is 103 cm³/mol. The van der Waals surface area contributed by atoms with Crippen LogP contribution in [0.4, 0.5) is 5.69 Å². The van der Waals surface area contributed by atoms with E-state index in [2.05, 4.69) is 20.4 Å². The van der Waals surface area contributed by atoms with Gasteiger partial charge < -0.3 is 14.6 Å². The van der Waals surface area contributed by atoms with E-state index >= 15 is 0 Å². The fourth-order valence-electron chi connectivity index (χ4n) is 2.80. The number of rotatable bonds is 5. The van der Waals surface area contributed by atoms with E-state index in [9.17, 15) is 4.79 Å². The van der Waals surface area contributed by atoms with Crippen molar-refractivity contribution >= 4 is 17.2 Å². The maximum atomic E-state index is 12.8. The molecule has 1 aromatic carbocycles. The molecule has 0 fully saturated rings. The van der Waals surface area contributed by atoms with Gasteiger partial charge in [0.25, 0.3) is 11.8 Å². The number of hydrogen-bond donors (Lipinski definition) is 1. The van der Waals surface area contributed by atoms with Crippen molar-refractivity contribution in [3.8, 4) is 11.4 Å². The molecule has 4 rings (SSSR count). The summed E-state index contributed by atoms with van der Waals surface area (Å²) in [6.07, 6.45) is 3.07. The Bertz CT molecular complexity index is 1150. The number of carbonyl (C=O) groups excluding carboxylic acids is 1. The third-order valence-electron chi connectivity index (χ3n) is 4.54. The number of nitrogens with one attached hydrogen (secondary N) is 1. The van der Waals surface area contributed by atoms with Crippen LogP contribution in [-0.4, -0.2) is 32.5 Å². The number of amides is 1. The maximum absolute atomic E-state index is 12.8. The molecule has 3 aromatic heterocycles. The molecule has 0 bridgehead atoms. The lowest BCUT2D eigenvalue weighted by molar-refractivity contribution is 0.0886. The molecule has 28 heavy (non-hydrogen) atoms. The minimum absolute atomic E-state index is 0.249. The van der Waals surface area contributed by atoms with Gasteiger partial charge in [-0.2, -0.15) is 4.98 Å². The maximum Gasteiger partial charge on any atom is 0.274 e. The van der Waals surface area contributed by atoms with E-state index in [0.29, 0.717) is 28.7 Å². The highest BCUT2D eigenvalue weighted by Gasteiger charge is 2.17. The summed E-state index contributed by atoms with van der Waals surface area (Å²) in [7, 11) is 1.58. The van der Waals surface area contributed by atoms with Gasteiger partial charge in [-0.15, -0.1) is 0 Å². The Balaban J connectivity index is 1.62. The zero-order valence-corrected chi connectivity index (χ0v) is 15.7. The van der Waals surface area contributed by atoms with E-state index in [1.165, 1.54) is 0 Å². The number of carbonyl (C=O) groups is 1. The Morgan fingerprint density at radius 3 is 2.96 bits per heavy atom. The van der Waals surface area contributed by atoms with E-state index in [1.807, 2.05) is 50.2 Å². The summed E-state index contributed by atoms with van der Waals surface area (Å²) in [5, 5.41) is 6.95. The van der Waals surface area contributed by atoms with Crippen molar-refractivity contribution in [2.45, 2.75) is 20.0 Å². The van der Waals surface area contributed by atoms with E-state index in [0.717, 1.165) is 11.1 Å². The molecule has 0 aliphatic heterocycles. The zero-order chi connectivity index (χ0) is 19.7. The van der Waals surface area contributed by atoms with Gasteiger partial charge in [0.15, 0.2) is 0 Å². The molecular formula is C20H19N5O3. The van der Waals surface area contributed by atoms with Crippen molar-refractivity contribution in [1.82, 2.24) is 19.5 Å². The molecule has 3 heterocycles. The second-order valence-corrected chi connectivity index (χ2v) is 6.39. The molecular weight excluding hydrogens is 358 g/mol. The minimum Gasteiger partial charge on any atom is -0.372 e. The predicted octanol–water partition coefficient (Wildman–Crippen LogP) is 3.65. The van der Waals surface area contributed by atoms with Gasteiger partial charge in [0.2, 0.25) is 5.82 Å². The second kappa shape index (κ2) is 7.24. The first-order chi connectivity index (χ1) is 13.6. The Morgan fingerprint density at radius 2 is 2.14 bits per heavy atom. The Morgan fingerprint density at radius 1 is 1.29 bits per heavy atom. The van der Waals surface area contributed by atoms with Crippen molar-refractivity contribution < 1.29 is 14.1 Å². The molecule has 8 heteroatoms. The normalized spacial score (nSPS) is 12.2. The van der Waals surface area contributed by atoms with Crippen molar-refractivity contribution in [2.24, 2.45) is 0 Å². The number of nitrogens with zero attached hydrogens (tertiary/aromatic N) is 4. The van der Waals surface area contributed by atoms with Crippen molar-refractivity contribution in [1.29, 1.82) is 0 Å². The van der Waals surface area contributed by atoms with Crippen LogP contribution in [0.5, 0.6) is 0 Å². The van der Waals surface area contributed by atoms with Gasteiger partial charge >= 0.3 is 0 Å². The smallest absolute Gasteiger partial charge is 0.274 e. The number of fused-ring (bicyclic) bond motifs is 1. The van der Waals surface area contributed by atoms with E-state index < -0.39 is 0 Å². The Hall–Kier alpha value is -3.52. The van der Waals surface area contributed by atoms with Crippen LogP contribution in [0.2, 0.25) is 0 Å². The number of aromatic nitrogens is 4. The van der Waals surface area contributed by atoms with Crippen LogP contribution in [0, 0.1) is 6.92 Å². The summed E-state index contributed by atoms with van der Waals surface area (Å²) >= 11 is 0. The fraction of sp³-hybridized carbons (Fsp3) is 0.200. The number of aryl methyl sites for hydroxylation is 1. The van der Waals surface area contributed by atoms with Crippen LogP contribution in [-0.2, 0) is 4.74 Å². The first-order valence-electron chi connectivity index (χ1n) is 8.77. The number of anilines is 1.